The third-order valence-corrected chi connectivity index (χ3v) is 6.27. The maximum absolute atomic E-state index is 5.02. The van der Waals surface area contributed by atoms with Crippen LogP contribution in [0.2, 0.25) is 0 Å². The Morgan fingerprint density at radius 1 is 1.10 bits per heavy atom. The molecule has 1 nitrogen and oxygen atoms in total. The van der Waals surface area contributed by atoms with Gasteiger partial charge in [-0.25, -0.2) is 0 Å². The summed E-state index contributed by atoms with van der Waals surface area (Å²) < 4.78 is 1.15. The Balaban J connectivity index is 1.85. The summed E-state index contributed by atoms with van der Waals surface area (Å²) in [6.45, 7) is 0. The van der Waals surface area contributed by atoms with Gasteiger partial charge in [0.15, 0.2) is 0 Å². The Kier molecular flexibility index (Phi) is 3.80. The van der Waals surface area contributed by atoms with Gasteiger partial charge in [0.1, 0.15) is 0 Å². The molecule has 108 valence electrons. The van der Waals surface area contributed by atoms with Crippen LogP contribution < -0.4 is 0 Å². The fourth-order valence-corrected chi connectivity index (χ4v) is 4.99. The predicted octanol–water partition coefficient (Wildman–Crippen LogP) is 5.84. The molecule has 3 aliphatic rings. The largest absolute Gasteiger partial charge is 0.257 e. The third kappa shape index (κ3) is 2.55. The first-order chi connectivity index (χ1) is 10.3. The number of halogens is 1. The molecule has 0 spiro atoms. The minimum absolute atomic E-state index is 0.436. The average Bonchev–Trinajstić information content (AvgIpc) is 2.53. The Morgan fingerprint density at radius 3 is 2.81 bits per heavy atom. The summed E-state index contributed by atoms with van der Waals surface area (Å²) in [6.07, 6.45) is 8.48. The van der Waals surface area contributed by atoms with Crippen LogP contribution in [-0.2, 0) is 0 Å². The molecule has 1 unspecified atom stereocenters. The number of hydrogen-bond donors (Lipinski definition) is 0. The van der Waals surface area contributed by atoms with E-state index in [1.54, 1.807) is 0 Å². The Morgan fingerprint density at radius 2 is 1.95 bits per heavy atom. The first-order valence-electron chi connectivity index (χ1n) is 7.72. The van der Waals surface area contributed by atoms with Crippen molar-refractivity contribution in [3.8, 4) is 0 Å². The summed E-state index contributed by atoms with van der Waals surface area (Å²) in [4.78, 5) is 6.53. The van der Waals surface area contributed by atoms with Gasteiger partial charge in [0.05, 0.1) is 5.70 Å². The molecule has 0 saturated carbocycles. The van der Waals surface area contributed by atoms with Crippen molar-refractivity contribution in [3.63, 3.8) is 0 Å². The van der Waals surface area contributed by atoms with E-state index in [0.717, 1.165) is 17.3 Å². The summed E-state index contributed by atoms with van der Waals surface area (Å²) in [5.74, 6) is 1.68. The Bertz CT molecular complexity index is 654. The minimum Gasteiger partial charge on any atom is -0.257 e. The highest BCUT2D eigenvalue weighted by molar-refractivity contribution is 9.10. The second kappa shape index (κ2) is 5.77. The quantitative estimate of drug-likeness (QED) is 0.613. The molecule has 3 heteroatoms. The summed E-state index contributed by atoms with van der Waals surface area (Å²) in [7, 11) is 0. The molecule has 21 heavy (non-hydrogen) atoms. The zero-order chi connectivity index (χ0) is 14.2. The highest BCUT2D eigenvalue weighted by Crippen LogP contribution is 2.48. The van der Waals surface area contributed by atoms with Gasteiger partial charge >= 0.3 is 0 Å². The molecule has 0 bridgehead atoms. The second-order valence-corrected chi connectivity index (χ2v) is 7.91. The van der Waals surface area contributed by atoms with E-state index in [2.05, 4.69) is 46.3 Å². The van der Waals surface area contributed by atoms with Crippen LogP contribution in [0.4, 0.5) is 0 Å². The first-order valence-corrected chi connectivity index (χ1v) is 9.50. The highest BCUT2D eigenvalue weighted by atomic mass is 79.9. The van der Waals surface area contributed by atoms with E-state index < -0.39 is 0 Å². The fourth-order valence-electron chi connectivity index (χ4n) is 3.47. The van der Waals surface area contributed by atoms with Crippen LogP contribution >= 0.6 is 27.7 Å². The number of nitrogens with zero attached hydrogens (tertiary/aromatic N) is 1. The summed E-state index contributed by atoms with van der Waals surface area (Å²) in [5.41, 5.74) is 5.63. The smallest absolute Gasteiger partial charge is 0.0511 e. The molecule has 2 aliphatic heterocycles. The summed E-state index contributed by atoms with van der Waals surface area (Å²) >= 11 is 5.58. The molecule has 0 N–H and O–H groups in total. The molecule has 1 atom stereocenters. The van der Waals surface area contributed by atoms with E-state index in [4.69, 9.17) is 4.99 Å². The maximum atomic E-state index is 5.02. The normalized spacial score (nSPS) is 24.9. The molecule has 1 aliphatic carbocycles. The van der Waals surface area contributed by atoms with Crippen LogP contribution in [0.25, 0.3) is 0 Å². The van der Waals surface area contributed by atoms with Gasteiger partial charge in [0, 0.05) is 21.0 Å². The third-order valence-electron chi connectivity index (χ3n) is 4.46. The molecular formula is C18H18BrNS. The molecule has 0 aromatic heterocycles. The second-order valence-electron chi connectivity index (χ2n) is 5.86. The van der Waals surface area contributed by atoms with Crippen LogP contribution in [0.15, 0.2) is 56.0 Å². The number of allylic oxidation sites excluding steroid dienone is 4. The van der Waals surface area contributed by atoms with Crippen LogP contribution in [0.1, 0.15) is 43.6 Å². The van der Waals surface area contributed by atoms with E-state index in [-0.39, 0.29) is 0 Å². The number of thioether (sulfide) groups is 1. The van der Waals surface area contributed by atoms with E-state index in [1.807, 2.05) is 11.8 Å². The highest BCUT2D eigenvalue weighted by Gasteiger charge is 2.33. The van der Waals surface area contributed by atoms with Gasteiger partial charge in [0.25, 0.3) is 0 Å². The maximum Gasteiger partial charge on any atom is 0.0511 e. The van der Waals surface area contributed by atoms with E-state index in [9.17, 15) is 0 Å². The van der Waals surface area contributed by atoms with Crippen molar-refractivity contribution in [2.24, 2.45) is 4.99 Å². The number of rotatable bonds is 1. The van der Waals surface area contributed by atoms with Crippen molar-refractivity contribution in [1.82, 2.24) is 0 Å². The van der Waals surface area contributed by atoms with Crippen LogP contribution in [0, 0.1) is 0 Å². The molecule has 2 heterocycles. The monoisotopic (exact) mass is 359 g/mol. The van der Waals surface area contributed by atoms with E-state index in [1.165, 1.54) is 52.5 Å². The molecule has 0 radical (unpaired) electrons. The standard InChI is InChI=1S/C18H18BrNS/c19-13-9-7-12(8-10-13)17-14-4-1-2-5-15(14)20-16-6-3-11-21-18(16)17/h4,7-10,17H,1-3,5-6,11H2. The van der Waals surface area contributed by atoms with Gasteiger partial charge in [0.2, 0.25) is 0 Å². The SMILES string of the molecule is Brc1ccc(C2C3=CCCCC3=NC3=C2SCCC3)cc1. The lowest BCUT2D eigenvalue weighted by molar-refractivity contribution is 0.793. The van der Waals surface area contributed by atoms with Crippen LogP contribution in [0.3, 0.4) is 0 Å². The molecule has 1 aromatic carbocycles. The van der Waals surface area contributed by atoms with E-state index in [0.29, 0.717) is 5.92 Å². The topological polar surface area (TPSA) is 12.4 Å². The Hall–Kier alpha value is -0.800. The first kappa shape index (κ1) is 13.8. The zero-order valence-corrected chi connectivity index (χ0v) is 14.3. The summed E-state index contributed by atoms with van der Waals surface area (Å²) in [5, 5.41) is 0. The molecule has 0 saturated heterocycles. The van der Waals surface area contributed by atoms with E-state index >= 15 is 0 Å². The molecule has 4 rings (SSSR count). The fraction of sp³-hybridized carbons (Fsp3) is 0.389. The lowest BCUT2D eigenvalue weighted by Gasteiger charge is -2.34. The van der Waals surface area contributed by atoms with Gasteiger partial charge < -0.3 is 0 Å². The van der Waals surface area contributed by atoms with Crippen molar-refractivity contribution in [2.75, 3.05) is 5.75 Å². The van der Waals surface area contributed by atoms with Crippen molar-refractivity contribution >= 4 is 33.4 Å². The van der Waals surface area contributed by atoms with Crippen molar-refractivity contribution < 1.29 is 0 Å². The van der Waals surface area contributed by atoms with Gasteiger partial charge in [-0.2, -0.15) is 0 Å². The zero-order valence-electron chi connectivity index (χ0n) is 11.9. The number of aliphatic imine (C=N–C) groups is 1. The van der Waals surface area contributed by atoms with Crippen LogP contribution in [0.5, 0.6) is 0 Å². The summed E-state index contributed by atoms with van der Waals surface area (Å²) in [6, 6.07) is 8.87. The minimum atomic E-state index is 0.436. The lowest BCUT2D eigenvalue weighted by atomic mass is 9.80. The van der Waals surface area contributed by atoms with Gasteiger partial charge in [-0.1, -0.05) is 34.1 Å². The lowest BCUT2D eigenvalue weighted by Crippen LogP contribution is -2.22. The number of hydrogen-bond acceptors (Lipinski definition) is 2. The van der Waals surface area contributed by atoms with Gasteiger partial charge in [-0.3, -0.25) is 4.99 Å². The Labute approximate surface area is 138 Å². The van der Waals surface area contributed by atoms with Crippen LogP contribution in [-0.4, -0.2) is 11.5 Å². The molecular weight excluding hydrogens is 342 g/mol. The molecule has 1 aromatic rings. The van der Waals surface area contributed by atoms with Crippen molar-refractivity contribution in [3.05, 3.63) is 56.6 Å². The van der Waals surface area contributed by atoms with Crippen molar-refractivity contribution in [1.29, 1.82) is 0 Å². The predicted molar refractivity (Wildman–Crippen MR) is 95.0 cm³/mol. The number of benzene rings is 1. The molecule has 0 amide bonds. The van der Waals surface area contributed by atoms with Gasteiger partial charge in [-0.15, -0.1) is 11.8 Å². The average molecular weight is 360 g/mol. The van der Waals surface area contributed by atoms with Gasteiger partial charge in [-0.05, 0) is 61.1 Å². The number of fused-ring (bicyclic) bond motifs is 1. The molecule has 0 fully saturated rings. The van der Waals surface area contributed by atoms with Crippen molar-refractivity contribution in [2.45, 2.75) is 38.0 Å².